The number of Topliss-reactive ketones (excluding diaryl/α,β-unsaturated/α-hetero) is 1. The summed E-state index contributed by atoms with van der Waals surface area (Å²) in [6, 6.07) is 13.3. The van der Waals surface area contributed by atoms with Gasteiger partial charge in [-0.05, 0) is 41.8 Å². The third kappa shape index (κ3) is 3.99. The van der Waals surface area contributed by atoms with Gasteiger partial charge in [0.2, 0.25) is 0 Å². The lowest BCUT2D eigenvalue weighted by atomic mass is 9.91. The summed E-state index contributed by atoms with van der Waals surface area (Å²) in [7, 11) is 0. The molecule has 1 heterocycles. The summed E-state index contributed by atoms with van der Waals surface area (Å²) in [5.41, 5.74) is 2.29. The minimum atomic E-state index is -0.824. The Kier molecular flexibility index (Phi) is 6.06. The molecule has 30 heavy (non-hydrogen) atoms. The summed E-state index contributed by atoms with van der Waals surface area (Å²) < 4.78 is 5.18. The molecule has 0 bridgehead atoms. The number of anilines is 1. The number of aryl methyl sites for hydroxylation is 1. The molecule has 0 saturated heterocycles. The minimum Gasteiger partial charge on any atom is -0.503 e. The third-order valence-corrected chi connectivity index (χ3v) is 5.06. The number of amides is 1. The monoisotopic (exact) mass is 407 g/mol. The van der Waals surface area contributed by atoms with Gasteiger partial charge in [0.15, 0.2) is 11.5 Å². The average molecular weight is 407 g/mol. The molecule has 1 atom stereocenters. The average Bonchev–Trinajstić information content (AvgIpc) is 2.98. The Bertz CT molecular complexity index is 1020. The standard InChI is InChI=1S/C24H25NO5/c1-5-16-9-11-18(12-10-16)25-21(17-7-6-8-19(13-17)30-15(4)26)20(22(27)14(2)3)23(28)24(25)29/h6-14,21,28H,5H2,1-4H3. The molecule has 0 spiro atoms. The number of carbonyl (C=O) groups is 3. The maximum absolute atomic E-state index is 13.0. The Morgan fingerprint density at radius 2 is 1.80 bits per heavy atom. The second kappa shape index (κ2) is 8.53. The van der Waals surface area contributed by atoms with Gasteiger partial charge in [0.1, 0.15) is 5.75 Å². The Morgan fingerprint density at radius 3 is 2.37 bits per heavy atom. The van der Waals surface area contributed by atoms with E-state index in [1.165, 1.54) is 11.8 Å². The van der Waals surface area contributed by atoms with Crippen LogP contribution in [0, 0.1) is 5.92 Å². The fourth-order valence-electron chi connectivity index (χ4n) is 3.56. The van der Waals surface area contributed by atoms with Gasteiger partial charge in [-0.2, -0.15) is 0 Å². The van der Waals surface area contributed by atoms with Crippen molar-refractivity contribution >= 4 is 23.3 Å². The fraction of sp³-hybridized carbons (Fsp3) is 0.292. The first-order valence-corrected chi connectivity index (χ1v) is 9.92. The molecule has 0 radical (unpaired) electrons. The lowest BCUT2D eigenvalue weighted by molar-refractivity contribution is -0.132. The molecule has 1 aliphatic rings. The molecule has 6 heteroatoms. The number of esters is 1. The minimum absolute atomic E-state index is 0.0505. The number of hydrogen-bond acceptors (Lipinski definition) is 5. The maximum atomic E-state index is 13.0. The van der Waals surface area contributed by atoms with Gasteiger partial charge in [-0.15, -0.1) is 0 Å². The van der Waals surface area contributed by atoms with E-state index in [1.54, 1.807) is 50.2 Å². The summed E-state index contributed by atoms with van der Waals surface area (Å²) in [6.07, 6.45) is 0.850. The molecule has 156 valence electrons. The molecular weight excluding hydrogens is 382 g/mol. The normalized spacial score (nSPS) is 16.4. The van der Waals surface area contributed by atoms with Gasteiger partial charge in [-0.25, -0.2) is 0 Å². The van der Waals surface area contributed by atoms with Crippen LogP contribution in [0.25, 0.3) is 0 Å². The van der Waals surface area contributed by atoms with Crippen molar-refractivity contribution in [2.75, 3.05) is 4.90 Å². The first-order chi connectivity index (χ1) is 14.2. The van der Waals surface area contributed by atoms with E-state index in [2.05, 4.69) is 0 Å². The zero-order valence-electron chi connectivity index (χ0n) is 17.5. The highest BCUT2D eigenvalue weighted by molar-refractivity contribution is 6.16. The second-order valence-electron chi connectivity index (χ2n) is 7.55. The maximum Gasteiger partial charge on any atom is 0.308 e. The van der Waals surface area contributed by atoms with E-state index in [0.29, 0.717) is 17.0 Å². The first kappa shape index (κ1) is 21.3. The van der Waals surface area contributed by atoms with E-state index < -0.39 is 29.6 Å². The lowest BCUT2D eigenvalue weighted by Crippen LogP contribution is -2.31. The number of ether oxygens (including phenoxy) is 1. The molecule has 1 aliphatic heterocycles. The van der Waals surface area contributed by atoms with Crippen LogP contribution in [0.4, 0.5) is 5.69 Å². The summed E-state index contributed by atoms with van der Waals surface area (Å²) in [5, 5.41) is 10.6. The number of ketones is 1. The molecule has 0 aromatic heterocycles. The van der Waals surface area contributed by atoms with Gasteiger partial charge in [0, 0.05) is 18.5 Å². The zero-order chi connectivity index (χ0) is 22.0. The van der Waals surface area contributed by atoms with Crippen molar-refractivity contribution in [3.05, 3.63) is 71.0 Å². The largest absolute Gasteiger partial charge is 0.503 e. The Hall–Kier alpha value is -3.41. The molecular formula is C24H25NO5. The van der Waals surface area contributed by atoms with E-state index in [-0.39, 0.29) is 11.4 Å². The van der Waals surface area contributed by atoms with Crippen molar-refractivity contribution in [1.29, 1.82) is 0 Å². The molecule has 1 unspecified atom stereocenters. The van der Waals surface area contributed by atoms with Crippen LogP contribution in [-0.2, 0) is 20.8 Å². The molecule has 1 N–H and O–H groups in total. The van der Waals surface area contributed by atoms with Gasteiger partial charge >= 0.3 is 5.97 Å². The lowest BCUT2D eigenvalue weighted by Gasteiger charge is -2.27. The van der Waals surface area contributed by atoms with E-state index in [0.717, 1.165) is 12.0 Å². The summed E-state index contributed by atoms with van der Waals surface area (Å²) >= 11 is 0. The molecule has 0 aliphatic carbocycles. The molecule has 0 saturated carbocycles. The number of rotatable bonds is 6. The van der Waals surface area contributed by atoms with Crippen LogP contribution < -0.4 is 9.64 Å². The van der Waals surface area contributed by atoms with Crippen molar-refractivity contribution in [1.82, 2.24) is 0 Å². The molecule has 0 fully saturated rings. The quantitative estimate of drug-likeness (QED) is 0.570. The third-order valence-electron chi connectivity index (χ3n) is 5.06. The van der Waals surface area contributed by atoms with Crippen molar-refractivity contribution in [3.63, 3.8) is 0 Å². The summed E-state index contributed by atoms with van der Waals surface area (Å²) in [5.74, 6) is -2.06. The number of aliphatic hydroxyl groups excluding tert-OH is 1. The second-order valence-corrected chi connectivity index (χ2v) is 7.55. The highest BCUT2D eigenvalue weighted by atomic mass is 16.5. The summed E-state index contributed by atoms with van der Waals surface area (Å²) in [6.45, 7) is 6.77. The predicted octanol–water partition coefficient (Wildman–Crippen LogP) is 4.30. The van der Waals surface area contributed by atoms with Crippen LogP contribution in [0.3, 0.4) is 0 Å². The molecule has 2 aromatic rings. The van der Waals surface area contributed by atoms with Crippen LogP contribution in [0.2, 0.25) is 0 Å². The highest BCUT2D eigenvalue weighted by Crippen LogP contribution is 2.42. The Balaban J connectivity index is 2.15. The number of nitrogens with zero attached hydrogens (tertiary/aromatic N) is 1. The van der Waals surface area contributed by atoms with Crippen LogP contribution in [0.1, 0.15) is 44.9 Å². The van der Waals surface area contributed by atoms with Crippen molar-refractivity contribution in [3.8, 4) is 5.75 Å². The van der Waals surface area contributed by atoms with Gasteiger partial charge in [0.05, 0.1) is 11.6 Å². The van der Waals surface area contributed by atoms with Gasteiger partial charge < -0.3 is 9.84 Å². The van der Waals surface area contributed by atoms with Crippen LogP contribution in [0.15, 0.2) is 59.9 Å². The van der Waals surface area contributed by atoms with Gasteiger partial charge in [-0.1, -0.05) is 45.0 Å². The van der Waals surface area contributed by atoms with Crippen LogP contribution >= 0.6 is 0 Å². The smallest absolute Gasteiger partial charge is 0.308 e. The van der Waals surface area contributed by atoms with Crippen molar-refractivity contribution < 1.29 is 24.2 Å². The van der Waals surface area contributed by atoms with E-state index in [9.17, 15) is 19.5 Å². The Labute approximate surface area is 175 Å². The summed E-state index contributed by atoms with van der Waals surface area (Å²) in [4.78, 5) is 38.7. The molecule has 2 aromatic carbocycles. The number of carbonyl (C=O) groups excluding carboxylic acids is 3. The van der Waals surface area contributed by atoms with Crippen molar-refractivity contribution in [2.24, 2.45) is 5.92 Å². The van der Waals surface area contributed by atoms with E-state index in [1.807, 2.05) is 19.1 Å². The van der Waals surface area contributed by atoms with E-state index in [4.69, 9.17) is 4.74 Å². The highest BCUT2D eigenvalue weighted by Gasteiger charge is 2.44. The topological polar surface area (TPSA) is 83.9 Å². The fourth-order valence-corrected chi connectivity index (χ4v) is 3.56. The first-order valence-electron chi connectivity index (χ1n) is 9.92. The Morgan fingerprint density at radius 1 is 1.13 bits per heavy atom. The predicted molar refractivity (Wildman–Crippen MR) is 113 cm³/mol. The molecule has 6 nitrogen and oxygen atoms in total. The number of hydrogen-bond donors (Lipinski definition) is 1. The molecule has 1 amide bonds. The van der Waals surface area contributed by atoms with Crippen LogP contribution in [0.5, 0.6) is 5.75 Å². The SMILES string of the molecule is CCc1ccc(N2C(=O)C(O)=C(C(=O)C(C)C)C2c2cccc(OC(C)=O)c2)cc1. The number of benzene rings is 2. The van der Waals surface area contributed by atoms with Crippen LogP contribution in [-0.4, -0.2) is 22.8 Å². The number of aliphatic hydroxyl groups is 1. The van der Waals surface area contributed by atoms with Gasteiger partial charge in [-0.3, -0.25) is 19.3 Å². The zero-order valence-corrected chi connectivity index (χ0v) is 17.5. The van der Waals surface area contributed by atoms with E-state index >= 15 is 0 Å². The van der Waals surface area contributed by atoms with Gasteiger partial charge in [0.25, 0.3) is 5.91 Å². The molecule has 3 rings (SSSR count). The van der Waals surface area contributed by atoms with Crippen molar-refractivity contribution in [2.45, 2.75) is 40.2 Å².